The van der Waals surface area contributed by atoms with Crippen LogP contribution < -0.4 is 0 Å². The van der Waals surface area contributed by atoms with Crippen LogP contribution in [0.15, 0.2) is 0 Å². The second-order valence-electron chi connectivity index (χ2n) is 8.46. The maximum atomic E-state index is 12.6. The van der Waals surface area contributed by atoms with E-state index < -0.39 is 0 Å². The Bertz CT molecular complexity index is 590. The lowest BCUT2D eigenvalue weighted by Crippen LogP contribution is -2.52. The van der Waals surface area contributed by atoms with Crippen LogP contribution in [0, 0.1) is 0 Å². The van der Waals surface area contributed by atoms with E-state index in [-0.39, 0.29) is 62.4 Å². The topological polar surface area (TPSA) is 78.0 Å². The number of fused-ring (bicyclic) bond motifs is 3. The number of Topliss-reactive ketones (excluding diaryl/α,β-unsaturated/α-hetero) is 4. The Hall–Kier alpha value is -1.48. The quantitative estimate of drug-likeness (QED) is 0.561. The lowest BCUT2D eigenvalue weighted by molar-refractivity contribution is -0.881. The molecule has 2 aliphatic rings. The van der Waals surface area contributed by atoms with Crippen LogP contribution in [-0.2, 0) is 19.2 Å². The maximum absolute atomic E-state index is 12.6. The van der Waals surface area contributed by atoms with Gasteiger partial charge in [0.25, 0.3) is 0 Å². The number of likely N-dealkylation sites (N-methyl/N-ethyl adjacent to an activating group) is 1. The molecule has 0 spiro atoms. The van der Waals surface area contributed by atoms with Gasteiger partial charge in [-0.05, 0) is 0 Å². The van der Waals surface area contributed by atoms with Crippen molar-refractivity contribution in [3.63, 3.8) is 0 Å². The van der Waals surface area contributed by atoms with Crippen molar-refractivity contribution in [2.24, 2.45) is 0 Å². The van der Waals surface area contributed by atoms with Crippen LogP contribution >= 0.6 is 0 Å². The van der Waals surface area contributed by atoms with Crippen LogP contribution in [0.3, 0.4) is 0 Å². The first-order valence-electron chi connectivity index (χ1n) is 9.72. The van der Waals surface area contributed by atoms with Gasteiger partial charge in [0.05, 0.1) is 59.9 Å². The van der Waals surface area contributed by atoms with Gasteiger partial charge in [0, 0.05) is 26.1 Å². The van der Waals surface area contributed by atoms with Gasteiger partial charge in [-0.15, -0.1) is 0 Å². The Morgan fingerprint density at radius 2 is 1.37 bits per heavy atom. The Balaban J connectivity index is 2.17. The molecule has 0 aromatic carbocycles. The van der Waals surface area contributed by atoms with Crippen LogP contribution in [0.4, 0.5) is 0 Å². The van der Waals surface area contributed by atoms with Crippen molar-refractivity contribution in [3.05, 3.63) is 0 Å². The molecule has 2 bridgehead atoms. The average molecular weight is 381 g/mol. The molecule has 27 heavy (non-hydrogen) atoms. The van der Waals surface area contributed by atoms with Crippen LogP contribution in [0.2, 0.25) is 0 Å². The van der Waals surface area contributed by atoms with E-state index >= 15 is 0 Å². The van der Waals surface area contributed by atoms with Crippen molar-refractivity contribution in [1.82, 2.24) is 14.7 Å². The van der Waals surface area contributed by atoms with Gasteiger partial charge in [-0.2, -0.15) is 0 Å². The van der Waals surface area contributed by atoms with Crippen molar-refractivity contribution in [1.29, 1.82) is 0 Å². The number of hydrogen-bond acceptors (Lipinski definition) is 7. The Kier molecular flexibility index (Phi) is 7.79. The third kappa shape index (κ3) is 7.57. The molecule has 2 atom stereocenters. The number of quaternary nitrogens is 1. The average Bonchev–Trinajstić information content (AvgIpc) is 2.72. The second kappa shape index (κ2) is 9.64. The third-order valence-corrected chi connectivity index (χ3v) is 5.15. The zero-order valence-electron chi connectivity index (χ0n) is 16.9. The fraction of sp³-hybridized carbons (Fsp3) is 0.789. The lowest BCUT2D eigenvalue weighted by Gasteiger charge is -2.33. The summed E-state index contributed by atoms with van der Waals surface area (Å²) in [7, 11) is 3.97. The zero-order chi connectivity index (χ0) is 20.0. The normalized spacial score (nSPS) is 28.6. The van der Waals surface area contributed by atoms with Crippen molar-refractivity contribution in [2.45, 2.75) is 13.3 Å². The van der Waals surface area contributed by atoms with Crippen LogP contribution in [0.1, 0.15) is 13.3 Å². The smallest absolute Gasteiger partial charge is 0.200 e. The monoisotopic (exact) mass is 381 g/mol. The molecule has 0 aromatic heterocycles. The second-order valence-corrected chi connectivity index (χ2v) is 8.46. The van der Waals surface area contributed by atoms with E-state index in [1.54, 1.807) is 0 Å². The summed E-state index contributed by atoms with van der Waals surface area (Å²) < 4.78 is 0.498. The Morgan fingerprint density at radius 3 is 1.93 bits per heavy atom. The SMILES string of the molecule is CCC(=O)CN1CC[N+](C)(C)CC(=O)CN2CCN(CC(=O)C1)CC(=O)C2. The molecule has 0 aromatic rings. The van der Waals surface area contributed by atoms with Gasteiger partial charge in [-0.3, -0.25) is 33.9 Å². The molecule has 2 fully saturated rings. The first-order valence-corrected chi connectivity index (χ1v) is 9.72. The molecule has 2 unspecified atom stereocenters. The number of carbonyl (C=O) groups is 4. The number of rotatable bonds is 3. The first kappa shape index (κ1) is 21.8. The molecular weight excluding hydrogens is 348 g/mol. The molecule has 2 rings (SSSR count). The summed E-state index contributed by atoms with van der Waals surface area (Å²) in [4.78, 5) is 54.9. The highest BCUT2D eigenvalue weighted by atomic mass is 16.1. The van der Waals surface area contributed by atoms with Gasteiger partial charge in [0.15, 0.2) is 11.6 Å². The van der Waals surface area contributed by atoms with Gasteiger partial charge >= 0.3 is 0 Å². The fourth-order valence-corrected chi connectivity index (χ4v) is 3.65. The summed E-state index contributed by atoms with van der Waals surface area (Å²) in [6.45, 7) is 6.10. The third-order valence-electron chi connectivity index (χ3n) is 5.15. The van der Waals surface area contributed by atoms with Gasteiger partial charge in [0.1, 0.15) is 12.3 Å². The van der Waals surface area contributed by atoms with Crippen molar-refractivity contribution in [2.75, 3.05) is 86.1 Å². The fourth-order valence-electron chi connectivity index (χ4n) is 3.65. The predicted molar refractivity (Wildman–Crippen MR) is 101 cm³/mol. The van der Waals surface area contributed by atoms with E-state index in [4.69, 9.17) is 0 Å². The molecule has 2 saturated heterocycles. The molecular formula is C19H33N4O4+. The lowest BCUT2D eigenvalue weighted by atomic mass is 10.2. The molecule has 0 radical (unpaired) electrons. The van der Waals surface area contributed by atoms with Gasteiger partial charge in [0.2, 0.25) is 5.78 Å². The molecule has 2 heterocycles. The van der Waals surface area contributed by atoms with Gasteiger partial charge in [-0.25, -0.2) is 0 Å². The van der Waals surface area contributed by atoms with E-state index in [1.165, 1.54) is 0 Å². The van der Waals surface area contributed by atoms with E-state index in [0.29, 0.717) is 43.6 Å². The summed E-state index contributed by atoms with van der Waals surface area (Å²) in [6, 6.07) is 0. The van der Waals surface area contributed by atoms with Crippen LogP contribution in [-0.4, -0.2) is 128 Å². The summed E-state index contributed by atoms with van der Waals surface area (Å²) in [5.74, 6) is 0.282. The van der Waals surface area contributed by atoms with Crippen LogP contribution in [0.25, 0.3) is 0 Å². The molecule has 0 amide bonds. The standard InChI is InChI=1S/C19H33N4O4/c1-4-16(24)9-22-7-8-23(2,3)15-19(27)14-21-6-5-20(10-17(25)12-21)11-18(26)13-22/h4-15H2,1-3H3/q+1. The first-order chi connectivity index (χ1) is 12.7. The summed E-state index contributed by atoms with van der Waals surface area (Å²) in [6.07, 6.45) is 0.442. The zero-order valence-corrected chi connectivity index (χ0v) is 16.9. The largest absolute Gasteiger partial charge is 0.321 e. The Morgan fingerprint density at radius 1 is 0.852 bits per heavy atom. The van der Waals surface area contributed by atoms with E-state index in [9.17, 15) is 19.2 Å². The number of nitrogens with zero attached hydrogens (tertiary/aromatic N) is 4. The molecule has 0 saturated carbocycles. The molecule has 0 N–H and O–H groups in total. The summed E-state index contributed by atoms with van der Waals surface area (Å²) >= 11 is 0. The number of ketones is 4. The molecule has 8 heteroatoms. The summed E-state index contributed by atoms with van der Waals surface area (Å²) in [5.41, 5.74) is 0. The van der Waals surface area contributed by atoms with E-state index in [2.05, 4.69) is 0 Å². The van der Waals surface area contributed by atoms with Crippen molar-refractivity contribution < 1.29 is 23.7 Å². The Labute approximate surface area is 161 Å². The highest BCUT2D eigenvalue weighted by molar-refractivity contribution is 5.87. The molecule has 0 aliphatic carbocycles. The van der Waals surface area contributed by atoms with Crippen LogP contribution in [0.5, 0.6) is 0 Å². The highest BCUT2D eigenvalue weighted by Crippen LogP contribution is 2.06. The number of carbonyl (C=O) groups excluding carboxylic acids is 4. The highest BCUT2D eigenvalue weighted by Gasteiger charge is 2.28. The molecule has 8 nitrogen and oxygen atoms in total. The molecule has 152 valence electrons. The van der Waals surface area contributed by atoms with Gasteiger partial charge < -0.3 is 4.48 Å². The summed E-state index contributed by atoms with van der Waals surface area (Å²) in [5, 5.41) is 0. The van der Waals surface area contributed by atoms with Crippen molar-refractivity contribution in [3.8, 4) is 0 Å². The number of hydrogen-bond donors (Lipinski definition) is 0. The maximum Gasteiger partial charge on any atom is 0.200 e. The minimum absolute atomic E-state index is 0.0265. The minimum Gasteiger partial charge on any atom is -0.321 e. The van der Waals surface area contributed by atoms with Gasteiger partial charge in [-0.1, -0.05) is 6.92 Å². The van der Waals surface area contributed by atoms with Crippen molar-refractivity contribution >= 4 is 23.1 Å². The van der Waals surface area contributed by atoms with E-state index in [1.807, 2.05) is 35.7 Å². The van der Waals surface area contributed by atoms with E-state index in [0.717, 1.165) is 0 Å². The minimum atomic E-state index is 0.0265. The predicted octanol–water partition coefficient (Wildman–Crippen LogP) is -1.32. The molecule has 2 aliphatic heterocycles.